The number of sulfonamides is 1. The molecule has 0 aromatic heterocycles. The molecule has 7 heteroatoms. The molecule has 22 heavy (non-hydrogen) atoms. The predicted molar refractivity (Wildman–Crippen MR) is 80.9 cm³/mol. The van der Waals surface area contributed by atoms with Crippen LogP contribution in [0.5, 0.6) is 0 Å². The molecule has 0 radical (unpaired) electrons. The fourth-order valence-electron chi connectivity index (χ4n) is 2.09. The molecule has 0 saturated carbocycles. The van der Waals surface area contributed by atoms with Crippen LogP contribution >= 0.6 is 0 Å². The molecule has 2 atom stereocenters. The molecule has 1 aromatic carbocycles. The summed E-state index contributed by atoms with van der Waals surface area (Å²) in [7, 11) is -3.87. The molecule has 1 N–H and O–H groups in total. The summed E-state index contributed by atoms with van der Waals surface area (Å²) < 4.78 is 37.0. The zero-order valence-electron chi connectivity index (χ0n) is 12.7. The van der Waals surface area contributed by atoms with E-state index in [4.69, 9.17) is 9.47 Å². The highest BCUT2D eigenvalue weighted by atomic mass is 32.2. The molecule has 1 aliphatic heterocycles. The second-order valence-electron chi connectivity index (χ2n) is 5.39. The largest absolute Gasteiger partial charge is 0.376 e. The van der Waals surface area contributed by atoms with Crippen molar-refractivity contribution in [3.63, 3.8) is 0 Å². The minimum atomic E-state index is -3.87. The normalized spacial score (nSPS) is 19.8. The molecular weight excluding hydrogens is 306 g/mol. The molecule has 122 valence electrons. The van der Waals surface area contributed by atoms with Crippen molar-refractivity contribution in [3.8, 4) is 0 Å². The fourth-order valence-corrected chi connectivity index (χ4v) is 3.14. The third-order valence-corrected chi connectivity index (χ3v) is 4.85. The lowest BCUT2D eigenvalue weighted by Gasteiger charge is -2.16. The van der Waals surface area contributed by atoms with Crippen molar-refractivity contribution in [1.29, 1.82) is 0 Å². The number of amides is 1. The van der Waals surface area contributed by atoms with Gasteiger partial charge in [-0.1, -0.05) is 17.7 Å². The first-order valence-electron chi connectivity index (χ1n) is 7.25. The number of ether oxygens (including phenoxy) is 2. The zero-order valence-corrected chi connectivity index (χ0v) is 13.6. The number of carbonyl (C=O) groups excluding carboxylic acids is 1. The number of aryl methyl sites for hydroxylation is 1. The van der Waals surface area contributed by atoms with Crippen LogP contribution in [0.4, 0.5) is 0 Å². The van der Waals surface area contributed by atoms with Crippen LogP contribution in [-0.2, 0) is 24.3 Å². The smallest absolute Gasteiger partial charge is 0.264 e. The molecular formula is C15H21NO5S. The molecule has 0 bridgehead atoms. The average Bonchev–Trinajstić information content (AvgIpc) is 2.98. The van der Waals surface area contributed by atoms with Crippen LogP contribution in [0.3, 0.4) is 0 Å². The Morgan fingerprint density at radius 3 is 2.68 bits per heavy atom. The van der Waals surface area contributed by atoms with Crippen LogP contribution in [0.2, 0.25) is 0 Å². The van der Waals surface area contributed by atoms with E-state index < -0.39 is 22.0 Å². The van der Waals surface area contributed by atoms with Crippen LogP contribution < -0.4 is 4.72 Å². The third-order valence-electron chi connectivity index (χ3n) is 3.49. The Hall–Kier alpha value is -1.44. The second kappa shape index (κ2) is 7.21. The Kier molecular flexibility index (Phi) is 5.55. The fraction of sp³-hybridized carbons (Fsp3) is 0.533. The van der Waals surface area contributed by atoms with E-state index in [1.54, 1.807) is 12.1 Å². The van der Waals surface area contributed by atoms with E-state index >= 15 is 0 Å². The number of hydrogen-bond donors (Lipinski definition) is 1. The monoisotopic (exact) mass is 327 g/mol. The first-order chi connectivity index (χ1) is 10.4. The van der Waals surface area contributed by atoms with Crippen molar-refractivity contribution in [3.05, 3.63) is 29.8 Å². The van der Waals surface area contributed by atoms with E-state index in [9.17, 15) is 13.2 Å². The Labute approximate surface area is 130 Å². The Bertz CT molecular complexity index is 605. The standard InChI is InChI=1S/C15H21NO5S/c1-11-5-7-14(8-6-11)22(18,19)16-15(17)12(2)21-10-13-4-3-9-20-13/h5-8,12-13H,3-4,9-10H2,1-2H3,(H,16,17)/t12-,13-/m0/s1. The lowest BCUT2D eigenvalue weighted by atomic mass is 10.2. The van der Waals surface area contributed by atoms with Crippen molar-refractivity contribution in [2.45, 2.75) is 43.8 Å². The van der Waals surface area contributed by atoms with Crippen LogP contribution in [0, 0.1) is 6.92 Å². The van der Waals surface area contributed by atoms with Crippen LogP contribution in [-0.4, -0.2) is 39.7 Å². The molecule has 1 heterocycles. The molecule has 1 saturated heterocycles. The van der Waals surface area contributed by atoms with E-state index in [2.05, 4.69) is 0 Å². The van der Waals surface area contributed by atoms with Gasteiger partial charge in [0.1, 0.15) is 6.10 Å². The van der Waals surface area contributed by atoms with Gasteiger partial charge in [0.25, 0.3) is 15.9 Å². The van der Waals surface area contributed by atoms with Crippen LogP contribution in [0.1, 0.15) is 25.3 Å². The van der Waals surface area contributed by atoms with Gasteiger partial charge in [0, 0.05) is 6.61 Å². The highest BCUT2D eigenvalue weighted by Crippen LogP contribution is 2.13. The first-order valence-corrected chi connectivity index (χ1v) is 8.73. The van der Waals surface area contributed by atoms with Gasteiger partial charge in [0.15, 0.2) is 0 Å². The summed E-state index contributed by atoms with van der Waals surface area (Å²) in [6.45, 7) is 4.38. The highest BCUT2D eigenvalue weighted by molar-refractivity contribution is 7.90. The van der Waals surface area contributed by atoms with Gasteiger partial charge in [0.2, 0.25) is 0 Å². The van der Waals surface area contributed by atoms with E-state index in [0.717, 1.165) is 18.4 Å². The van der Waals surface area contributed by atoms with Gasteiger partial charge in [-0.05, 0) is 38.8 Å². The van der Waals surface area contributed by atoms with Crippen LogP contribution in [0.25, 0.3) is 0 Å². The van der Waals surface area contributed by atoms with Gasteiger partial charge in [-0.25, -0.2) is 13.1 Å². The summed E-state index contributed by atoms with van der Waals surface area (Å²) in [6, 6.07) is 6.28. The third kappa shape index (κ3) is 4.53. The minimum Gasteiger partial charge on any atom is -0.376 e. The summed E-state index contributed by atoms with van der Waals surface area (Å²) in [5, 5.41) is 0. The van der Waals surface area contributed by atoms with Gasteiger partial charge >= 0.3 is 0 Å². The van der Waals surface area contributed by atoms with Gasteiger partial charge in [-0.2, -0.15) is 0 Å². The van der Waals surface area contributed by atoms with E-state index in [1.807, 2.05) is 11.6 Å². The van der Waals surface area contributed by atoms with Crippen molar-refractivity contribution in [1.82, 2.24) is 4.72 Å². The number of hydrogen-bond acceptors (Lipinski definition) is 5. The Balaban J connectivity index is 1.90. The van der Waals surface area contributed by atoms with Crippen molar-refractivity contribution in [2.75, 3.05) is 13.2 Å². The van der Waals surface area contributed by atoms with E-state index in [0.29, 0.717) is 13.2 Å². The maximum Gasteiger partial charge on any atom is 0.264 e. The summed E-state index contributed by atoms with van der Waals surface area (Å²) in [4.78, 5) is 12.0. The molecule has 6 nitrogen and oxygen atoms in total. The molecule has 1 aliphatic rings. The topological polar surface area (TPSA) is 81.7 Å². The maximum absolute atomic E-state index is 12.1. The molecule has 2 rings (SSSR count). The maximum atomic E-state index is 12.1. The van der Waals surface area contributed by atoms with Gasteiger partial charge < -0.3 is 9.47 Å². The number of carbonyl (C=O) groups is 1. The molecule has 0 spiro atoms. The SMILES string of the molecule is Cc1ccc(S(=O)(=O)NC(=O)[C@H](C)OC[C@@H]2CCCO2)cc1. The molecule has 1 aromatic rings. The van der Waals surface area contributed by atoms with Crippen LogP contribution in [0.15, 0.2) is 29.2 Å². The lowest BCUT2D eigenvalue weighted by molar-refractivity contribution is -0.131. The summed E-state index contributed by atoms with van der Waals surface area (Å²) in [6.07, 6.45) is 1.01. The van der Waals surface area contributed by atoms with Crippen molar-refractivity contribution < 1.29 is 22.7 Å². The summed E-state index contributed by atoms with van der Waals surface area (Å²) in [5.41, 5.74) is 0.943. The highest BCUT2D eigenvalue weighted by Gasteiger charge is 2.24. The predicted octanol–water partition coefficient (Wildman–Crippen LogP) is 1.38. The average molecular weight is 327 g/mol. The lowest BCUT2D eigenvalue weighted by Crippen LogP contribution is -2.39. The number of nitrogens with one attached hydrogen (secondary N) is 1. The van der Waals surface area contributed by atoms with E-state index in [-0.39, 0.29) is 11.0 Å². The first kappa shape index (κ1) is 16.9. The van der Waals surface area contributed by atoms with Crippen molar-refractivity contribution >= 4 is 15.9 Å². The Morgan fingerprint density at radius 2 is 2.09 bits per heavy atom. The van der Waals surface area contributed by atoms with Gasteiger partial charge in [-0.15, -0.1) is 0 Å². The quantitative estimate of drug-likeness (QED) is 0.854. The number of benzene rings is 1. The zero-order chi connectivity index (χ0) is 16.2. The summed E-state index contributed by atoms with van der Waals surface area (Å²) >= 11 is 0. The second-order valence-corrected chi connectivity index (χ2v) is 7.08. The van der Waals surface area contributed by atoms with Gasteiger partial charge in [0.05, 0.1) is 17.6 Å². The molecule has 0 unspecified atom stereocenters. The number of rotatable bonds is 6. The van der Waals surface area contributed by atoms with E-state index in [1.165, 1.54) is 19.1 Å². The Morgan fingerprint density at radius 1 is 1.41 bits per heavy atom. The molecule has 0 aliphatic carbocycles. The minimum absolute atomic E-state index is 0.0102. The molecule has 1 fully saturated rings. The molecule has 1 amide bonds. The summed E-state index contributed by atoms with van der Waals surface area (Å²) in [5.74, 6) is -0.682. The van der Waals surface area contributed by atoms with Gasteiger partial charge in [-0.3, -0.25) is 4.79 Å². The van der Waals surface area contributed by atoms with Crippen molar-refractivity contribution in [2.24, 2.45) is 0 Å².